The lowest BCUT2D eigenvalue weighted by atomic mass is 10.0. The van der Waals surface area contributed by atoms with Crippen molar-refractivity contribution in [3.63, 3.8) is 0 Å². The Balaban J connectivity index is 4.42. The second kappa shape index (κ2) is 35.2. The van der Waals surface area contributed by atoms with E-state index in [1.807, 2.05) is 21.1 Å². The van der Waals surface area contributed by atoms with Crippen LogP contribution in [-0.2, 0) is 32.7 Å². The normalized spacial score (nSPS) is 13.9. The first-order chi connectivity index (χ1) is 25.0. The first-order valence-electron chi connectivity index (χ1n) is 21.0. The average Bonchev–Trinajstić information content (AvgIpc) is 3.09. The average molecular weight is 758 g/mol. The Morgan fingerprint density at radius 3 is 1.54 bits per heavy atom. The molecule has 0 aromatic heterocycles. The summed E-state index contributed by atoms with van der Waals surface area (Å²) in [5.41, 5.74) is 0. The van der Waals surface area contributed by atoms with E-state index in [1.54, 1.807) is 0 Å². The molecule has 0 saturated carbocycles. The molecule has 0 aliphatic heterocycles. The summed E-state index contributed by atoms with van der Waals surface area (Å²) in [4.78, 5) is 37.4. The third kappa shape index (κ3) is 38.2. The number of phosphoric ester groups is 1. The van der Waals surface area contributed by atoms with Gasteiger partial charge < -0.3 is 27.9 Å². The molecule has 306 valence electrons. The zero-order valence-electron chi connectivity index (χ0n) is 34.3. The number of allylic oxidation sites excluding steroid dienone is 4. The van der Waals surface area contributed by atoms with Crippen LogP contribution in [-0.4, -0.2) is 70.0 Å². The molecular formula is C42H80NO8P. The Bertz CT molecular complexity index is 949. The molecule has 0 amide bonds. The number of likely N-dealkylation sites (N-methyl/N-ethyl adjacent to an activating group) is 1. The standard InChI is InChI=1S/C42H80NO8P/c1-6-8-10-12-14-16-18-20-21-23-25-27-29-31-33-35-42(45)51-40(39-50-52(46,47)49-37-36-43(3,4)5)38-48-41(44)34-32-30-28-26-24-22-19-17-15-13-11-9-7-2/h16,18,21,23,40H,6-15,17,19-20,22,24-39H2,1-5H3/b18-16-,23-21-/t40-/m1/s1. The van der Waals surface area contributed by atoms with Crippen LogP contribution in [0.1, 0.15) is 181 Å². The maximum absolute atomic E-state index is 12.6. The largest absolute Gasteiger partial charge is 0.756 e. The molecule has 0 aliphatic rings. The first kappa shape index (κ1) is 50.5. The van der Waals surface area contributed by atoms with Crippen LogP contribution in [0.4, 0.5) is 0 Å². The number of nitrogens with zero attached hydrogens (tertiary/aromatic N) is 1. The quantitative estimate of drug-likeness (QED) is 0.0201. The summed E-state index contributed by atoms with van der Waals surface area (Å²) < 4.78 is 33.8. The molecular weight excluding hydrogens is 677 g/mol. The third-order valence-corrected chi connectivity index (χ3v) is 9.94. The van der Waals surface area contributed by atoms with Gasteiger partial charge in [-0.2, -0.15) is 0 Å². The van der Waals surface area contributed by atoms with E-state index in [0.717, 1.165) is 51.4 Å². The molecule has 0 aliphatic carbocycles. The van der Waals surface area contributed by atoms with Crippen LogP contribution < -0.4 is 4.89 Å². The van der Waals surface area contributed by atoms with Gasteiger partial charge in [-0.15, -0.1) is 0 Å². The van der Waals surface area contributed by atoms with Crippen LogP contribution in [0.2, 0.25) is 0 Å². The highest BCUT2D eigenvalue weighted by atomic mass is 31.2. The Morgan fingerprint density at radius 2 is 1.04 bits per heavy atom. The maximum Gasteiger partial charge on any atom is 0.306 e. The topological polar surface area (TPSA) is 111 Å². The third-order valence-electron chi connectivity index (χ3n) is 8.97. The molecule has 0 fully saturated rings. The number of carbonyl (C=O) groups is 2. The van der Waals surface area contributed by atoms with Gasteiger partial charge in [0.1, 0.15) is 19.8 Å². The lowest BCUT2D eigenvalue weighted by molar-refractivity contribution is -0.870. The molecule has 0 bridgehead atoms. The van der Waals surface area contributed by atoms with Crippen molar-refractivity contribution >= 4 is 19.8 Å². The summed E-state index contributed by atoms with van der Waals surface area (Å²) in [6, 6.07) is 0. The van der Waals surface area contributed by atoms with E-state index in [4.69, 9.17) is 18.5 Å². The predicted octanol–water partition coefficient (Wildman–Crippen LogP) is 10.9. The number of phosphoric acid groups is 1. The second-order valence-electron chi connectivity index (χ2n) is 15.4. The van der Waals surface area contributed by atoms with Crippen molar-refractivity contribution in [2.45, 2.75) is 187 Å². The van der Waals surface area contributed by atoms with Crippen molar-refractivity contribution in [2.24, 2.45) is 0 Å². The number of rotatable bonds is 38. The minimum atomic E-state index is -4.62. The number of esters is 2. The van der Waals surface area contributed by atoms with E-state index in [0.29, 0.717) is 17.4 Å². The summed E-state index contributed by atoms with van der Waals surface area (Å²) >= 11 is 0. The van der Waals surface area contributed by atoms with Crippen LogP contribution >= 0.6 is 7.82 Å². The Morgan fingerprint density at radius 1 is 0.596 bits per heavy atom. The van der Waals surface area contributed by atoms with E-state index >= 15 is 0 Å². The lowest BCUT2D eigenvalue weighted by Gasteiger charge is -2.28. The molecule has 0 aromatic rings. The van der Waals surface area contributed by atoms with Crippen molar-refractivity contribution < 1.29 is 42.1 Å². The van der Waals surface area contributed by atoms with Crippen LogP contribution in [0.3, 0.4) is 0 Å². The number of hydrogen-bond acceptors (Lipinski definition) is 8. The summed E-state index contributed by atoms with van der Waals surface area (Å²) in [6.45, 7) is 4.19. The van der Waals surface area contributed by atoms with Crippen LogP contribution in [0, 0.1) is 0 Å². The Labute approximate surface area is 319 Å². The van der Waals surface area contributed by atoms with Gasteiger partial charge in [-0.05, 0) is 44.9 Å². The van der Waals surface area contributed by atoms with Crippen LogP contribution in [0.25, 0.3) is 0 Å². The number of ether oxygens (including phenoxy) is 2. The fourth-order valence-electron chi connectivity index (χ4n) is 5.63. The summed E-state index contributed by atoms with van der Waals surface area (Å²) in [6.07, 6.45) is 36.2. The number of unbranched alkanes of at least 4 members (excludes halogenated alkanes) is 20. The molecule has 0 rings (SSSR count). The smallest absolute Gasteiger partial charge is 0.306 e. The molecule has 1 unspecified atom stereocenters. The molecule has 10 heteroatoms. The number of quaternary nitrogens is 1. The van der Waals surface area contributed by atoms with Crippen molar-refractivity contribution in [3.8, 4) is 0 Å². The summed E-state index contributed by atoms with van der Waals surface area (Å²) in [7, 11) is 1.16. The fourth-order valence-corrected chi connectivity index (χ4v) is 6.35. The van der Waals surface area contributed by atoms with Crippen LogP contribution in [0.15, 0.2) is 24.3 Å². The van der Waals surface area contributed by atoms with Crippen LogP contribution in [0.5, 0.6) is 0 Å². The van der Waals surface area contributed by atoms with E-state index < -0.39 is 26.5 Å². The highest BCUT2D eigenvalue weighted by molar-refractivity contribution is 7.45. The molecule has 0 heterocycles. The zero-order chi connectivity index (χ0) is 38.6. The molecule has 2 atom stereocenters. The van der Waals surface area contributed by atoms with E-state index in [2.05, 4.69) is 38.2 Å². The van der Waals surface area contributed by atoms with E-state index in [9.17, 15) is 19.0 Å². The fraction of sp³-hybridized carbons (Fsp3) is 0.857. The molecule has 0 radical (unpaired) electrons. The van der Waals surface area contributed by atoms with Gasteiger partial charge in [0.05, 0.1) is 27.7 Å². The lowest BCUT2D eigenvalue weighted by Crippen LogP contribution is -2.37. The van der Waals surface area contributed by atoms with Crippen molar-refractivity contribution in [3.05, 3.63) is 24.3 Å². The van der Waals surface area contributed by atoms with Crippen molar-refractivity contribution in [1.29, 1.82) is 0 Å². The number of carbonyl (C=O) groups excluding carboxylic acids is 2. The highest BCUT2D eigenvalue weighted by Crippen LogP contribution is 2.38. The minimum absolute atomic E-state index is 0.0329. The molecule has 0 spiro atoms. The van der Waals surface area contributed by atoms with Gasteiger partial charge in [0.25, 0.3) is 7.82 Å². The minimum Gasteiger partial charge on any atom is -0.756 e. The van der Waals surface area contributed by atoms with Gasteiger partial charge >= 0.3 is 11.9 Å². The highest BCUT2D eigenvalue weighted by Gasteiger charge is 2.21. The predicted molar refractivity (Wildman–Crippen MR) is 213 cm³/mol. The van der Waals surface area contributed by atoms with Crippen molar-refractivity contribution in [2.75, 3.05) is 47.5 Å². The van der Waals surface area contributed by atoms with E-state index in [-0.39, 0.29) is 32.0 Å². The van der Waals surface area contributed by atoms with Gasteiger partial charge in [-0.1, -0.05) is 147 Å². The monoisotopic (exact) mass is 758 g/mol. The SMILES string of the molecule is CCCCCC/C=C\C/C=C\CCCCCCC(=O)O[C@H](COC(=O)CCCCCCCCCCCCCCC)COP(=O)([O-])OCC[N+](C)(C)C. The van der Waals surface area contributed by atoms with Crippen molar-refractivity contribution in [1.82, 2.24) is 0 Å². The number of hydrogen-bond donors (Lipinski definition) is 0. The zero-order valence-corrected chi connectivity index (χ0v) is 35.2. The molecule has 0 N–H and O–H groups in total. The second-order valence-corrected chi connectivity index (χ2v) is 16.8. The maximum atomic E-state index is 12.6. The Hall–Kier alpha value is -1.51. The van der Waals surface area contributed by atoms with Gasteiger partial charge in [0.15, 0.2) is 6.10 Å². The van der Waals surface area contributed by atoms with Gasteiger partial charge in [0.2, 0.25) is 0 Å². The van der Waals surface area contributed by atoms with Gasteiger partial charge in [-0.25, -0.2) is 0 Å². The van der Waals surface area contributed by atoms with Gasteiger partial charge in [0, 0.05) is 12.8 Å². The van der Waals surface area contributed by atoms with E-state index in [1.165, 1.54) is 96.3 Å². The molecule has 9 nitrogen and oxygen atoms in total. The first-order valence-corrected chi connectivity index (χ1v) is 22.5. The molecule has 0 aromatic carbocycles. The van der Waals surface area contributed by atoms with Gasteiger partial charge in [-0.3, -0.25) is 14.2 Å². The molecule has 52 heavy (non-hydrogen) atoms. The summed E-state index contributed by atoms with van der Waals surface area (Å²) in [5, 5.41) is 0. The molecule has 0 saturated heterocycles. The summed E-state index contributed by atoms with van der Waals surface area (Å²) in [5.74, 6) is -0.852. The Kier molecular flexibility index (Phi) is 34.2.